The third-order valence-corrected chi connectivity index (χ3v) is 4.14. The molecule has 2 nitrogen and oxygen atoms in total. The molecule has 0 spiro atoms. The molecule has 2 aromatic rings. The van der Waals surface area contributed by atoms with Gasteiger partial charge in [-0.2, -0.15) is 26.3 Å². The molecule has 30 heavy (non-hydrogen) atoms. The summed E-state index contributed by atoms with van der Waals surface area (Å²) in [6.07, 6.45) is -6.17. The van der Waals surface area contributed by atoms with Crippen LogP contribution in [0.2, 0.25) is 0 Å². The maximum Gasteiger partial charge on any atom is 0.416 e. The Morgan fingerprint density at radius 2 is 1.20 bits per heavy atom. The predicted molar refractivity (Wildman–Crippen MR) is 100 cm³/mol. The van der Waals surface area contributed by atoms with Gasteiger partial charge >= 0.3 is 18.3 Å². The molecule has 0 aliphatic carbocycles. The normalized spacial score (nSPS) is 12.5. The molecule has 160 valence electrons. The van der Waals surface area contributed by atoms with E-state index in [1.165, 1.54) is 43.3 Å². The first-order valence-electron chi connectivity index (χ1n) is 8.84. The molecular formula is C22H18F6O2. The van der Waals surface area contributed by atoms with Crippen molar-refractivity contribution in [1.29, 1.82) is 0 Å². The molecule has 0 amide bonds. The van der Waals surface area contributed by atoms with Crippen LogP contribution >= 0.6 is 0 Å². The topological polar surface area (TPSA) is 26.3 Å². The summed E-state index contributed by atoms with van der Waals surface area (Å²) in [4.78, 5) is 11.8. The van der Waals surface area contributed by atoms with Crippen LogP contribution < -0.4 is 0 Å². The second-order valence-corrected chi connectivity index (χ2v) is 6.30. The molecule has 0 heterocycles. The smallest absolute Gasteiger partial charge is 0.416 e. The van der Waals surface area contributed by atoms with Crippen LogP contribution in [0.4, 0.5) is 26.3 Å². The maximum absolute atomic E-state index is 12.8. The Kier molecular flexibility index (Phi) is 7.12. The van der Waals surface area contributed by atoms with Crippen LogP contribution in [0.15, 0.2) is 66.3 Å². The molecule has 0 atom stereocenters. The number of benzene rings is 2. The molecule has 0 aliphatic heterocycles. The average Bonchev–Trinajstić information content (AvgIpc) is 2.67. The van der Waals surface area contributed by atoms with Crippen molar-refractivity contribution < 1.29 is 35.9 Å². The van der Waals surface area contributed by atoms with Gasteiger partial charge in [0.1, 0.15) is 0 Å². The molecule has 0 fully saturated rings. The molecule has 2 aromatic carbocycles. The molecule has 0 aromatic heterocycles. The Hall–Kier alpha value is -3.03. The van der Waals surface area contributed by atoms with Crippen molar-refractivity contribution in [2.45, 2.75) is 26.2 Å². The zero-order chi connectivity index (χ0) is 22.5. The quantitative estimate of drug-likeness (QED) is 0.230. The van der Waals surface area contributed by atoms with Gasteiger partial charge in [-0.3, -0.25) is 0 Å². The summed E-state index contributed by atoms with van der Waals surface area (Å²) < 4.78 is 81.9. The largest absolute Gasteiger partial charge is 0.463 e. The van der Waals surface area contributed by atoms with Crippen molar-refractivity contribution in [2.75, 3.05) is 6.61 Å². The van der Waals surface area contributed by atoms with Crippen LogP contribution in [0.5, 0.6) is 0 Å². The van der Waals surface area contributed by atoms with Crippen LogP contribution in [0.1, 0.15) is 36.1 Å². The van der Waals surface area contributed by atoms with Crippen molar-refractivity contribution in [3.63, 3.8) is 0 Å². The van der Waals surface area contributed by atoms with E-state index < -0.39 is 29.4 Å². The van der Waals surface area contributed by atoms with Crippen molar-refractivity contribution in [3.8, 4) is 0 Å². The Balaban J connectivity index is 2.51. The Bertz CT molecular complexity index is 874. The Labute approximate surface area is 169 Å². The van der Waals surface area contributed by atoms with Crippen molar-refractivity contribution in [1.82, 2.24) is 0 Å². The summed E-state index contributed by atoms with van der Waals surface area (Å²) in [7, 11) is 0. The third-order valence-electron chi connectivity index (χ3n) is 4.14. The standard InChI is InChI=1S/C22H18F6O2/c1-3-30-20(29)14(2)4-13-19(15-5-9-17(10-6-15)21(23,24)25)16-7-11-18(12-8-16)22(26,27)28/h4-13H,3H2,1-2H3. The van der Waals surface area contributed by atoms with E-state index in [9.17, 15) is 31.1 Å². The molecule has 0 aliphatic rings. The minimum absolute atomic E-state index is 0.165. The highest BCUT2D eigenvalue weighted by molar-refractivity contribution is 5.89. The number of carbonyl (C=O) groups excluding carboxylic acids is 1. The molecule has 0 radical (unpaired) electrons. The van der Waals surface area contributed by atoms with Gasteiger partial charge in [-0.05, 0) is 54.8 Å². The van der Waals surface area contributed by atoms with E-state index >= 15 is 0 Å². The maximum atomic E-state index is 12.8. The average molecular weight is 428 g/mol. The summed E-state index contributed by atoms with van der Waals surface area (Å²) in [5, 5.41) is 0. The summed E-state index contributed by atoms with van der Waals surface area (Å²) in [5.74, 6) is -0.576. The second-order valence-electron chi connectivity index (χ2n) is 6.30. The van der Waals surface area contributed by atoms with Crippen LogP contribution in [-0.2, 0) is 21.9 Å². The molecule has 8 heteroatoms. The fourth-order valence-corrected chi connectivity index (χ4v) is 2.56. The zero-order valence-corrected chi connectivity index (χ0v) is 16.1. The van der Waals surface area contributed by atoms with E-state index in [1.807, 2.05) is 0 Å². The summed E-state index contributed by atoms with van der Waals surface area (Å²) in [6, 6.07) is 8.42. The molecule has 0 N–H and O–H groups in total. The Morgan fingerprint density at radius 1 is 0.800 bits per heavy atom. The second kappa shape index (κ2) is 9.19. The molecule has 0 saturated carbocycles. The molecule has 0 unspecified atom stereocenters. The fourth-order valence-electron chi connectivity index (χ4n) is 2.56. The number of hydrogen-bond acceptors (Lipinski definition) is 2. The molecular weight excluding hydrogens is 410 g/mol. The van der Waals surface area contributed by atoms with Crippen molar-refractivity contribution in [2.24, 2.45) is 0 Å². The van der Waals surface area contributed by atoms with E-state index in [2.05, 4.69) is 0 Å². The molecule has 0 saturated heterocycles. The summed E-state index contributed by atoms with van der Waals surface area (Å²) in [5.41, 5.74) is -0.437. The van der Waals surface area contributed by atoms with Gasteiger partial charge in [0, 0.05) is 5.57 Å². The zero-order valence-electron chi connectivity index (χ0n) is 16.1. The van der Waals surface area contributed by atoms with E-state index in [0.717, 1.165) is 24.3 Å². The number of allylic oxidation sites excluding steroid dienone is 2. The summed E-state index contributed by atoms with van der Waals surface area (Å²) in [6.45, 7) is 3.29. The summed E-state index contributed by atoms with van der Waals surface area (Å²) >= 11 is 0. The number of alkyl halides is 6. The third kappa shape index (κ3) is 5.98. The lowest BCUT2D eigenvalue weighted by Gasteiger charge is -2.12. The minimum Gasteiger partial charge on any atom is -0.463 e. The van der Waals surface area contributed by atoms with Crippen molar-refractivity contribution >= 4 is 11.5 Å². The van der Waals surface area contributed by atoms with Gasteiger partial charge in [0.25, 0.3) is 0 Å². The highest BCUT2D eigenvalue weighted by Crippen LogP contribution is 2.33. The van der Waals surface area contributed by atoms with Crippen LogP contribution in [0.25, 0.3) is 5.57 Å². The number of carbonyl (C=O) groups is 1. The first-order valence-corrected chi connectivity index (χ1v) is 8.84. The lowest BCUT2D eigenvalue weighted by molar-refractivity contribution is -0.139. The lowest BCUT2D eigenvalue weighted by Crippen LogP contribution is -2.05. The first kappa shape index (κ1) is 23.3. The highest BCUT2D eigenvalue weighted by atomic mass is 19.4. The van der Waals surface area contributed by atoms with Crippen LogP contribution in [0, 0.1) is 0 Å². The minimum atomic E-state index is -4.52. The molecule has 2 rings (SSSR count). The van der Waals surface area contributed by atoms with E-state index in [-0.39, 0.29) is 12.2 Å². The monoisotopic (exact) mass is 428 g/mol. The number of ether oxygens (including phenoxy) is 1. The molecule has 0 bridgehead atoms. The van der Waals surface area contributed by atoms with Gasteiger partial charge in [-0.25, -0.2) is 4.79 Å². The van der Waals surface area contributed by atoms with Gasteiger partial charge < -0.3 is 4.74 Å². The van der Waals surface area contributed by atoms with Gasteiger partial charge in [0.05, 0.1) is 17.7 Å². The van der Waals surface area contributed by atoms with Crippen LogP contribution in [0.3, 0.4) is 0 Å². The van der Waals surface area contributed by atoms with Gasteiger partial charge in [0.15, 0.2) is 0 Å². The van der Waals surface area contributed by atoms with Crippen molar-refractivity contribution in [3.05, 3.63) is 88.5 Å². The lowest BCUT2D eigenvalue weighted by atomic mass is 9.95. The van der Waals surface area contributed by atoms with Crippen LogP contribution in [-0.4, -0.2) is 12.6 Å². The fraction of sp³-hybridized carbons (Fsp3) is 0.227. The number of halogens is 6. The first-order chi connectivity index (χ1) is 13.9. The number of esters is 1. The van der Waals surface area contributed by atoms with Gasteiger partial charge in [0.2, 0.25) is 0 Å². The Morgan fingerprint density at radius 3 is 1.53 bits per heavy atom. The predicted octanol–water partition coefficient (Wildman–Crippen LogP) is 6.67. The highest BCUT2D eigenvalue weighted by Gasteiger charge is 2.31. The van der Waals surface area contributed by atoms with Gasteiger partial charge in [-0.15, -0.1) is 0 Å². The van der Waals surface area contributed by atoms with E-state index in [0.29, 0.717) is 16.7 Å². The number of rotatable bonds is 5. The van der Waals surface area contributed by atoms with E-state index in [1.54, 1.807) is 6.92 Å². The SMILES string of the molecule is CCOC(=O)C(C)=CC=C(c1ccc(C(F)(F)F)cc1)c1ccc(C(F)(F)F)cc1. The van der Waals surface area contributed by atoms with Gasteiger partial charge in [-0.1, -0.05) is 36.4 Å². The van der Waals surface area contributed by atoms with E-state index in [4.69, 9.17) is 4.74 Å². The number of hydrogen-bond donors (Lipinski definition) is 0.